The molecule has 0 spiro atoms. The minimum absolute atomic E-state index is 0. The van der Waals surface area contributed by atoms with Gasteiger partial charge in [0.25, 0.3) is 0 Å². The average molecular weight is 346 g/mol. The molecule has 0 fully saturated rings. The zero-order valence-electron chi connectivity index (χ0n) is 2.93. The Bertz CT molecular complexity index is 40.1. The summed E-state index contributed by atoms with van der Waals surface area (Å²) in [6.07, 6.45) is 0. The van der Waals surface area contributed by atoms with Gasteiger partial charge in [-0.25, -0.2) is 0 Å². The molecule has 0 saturated carbocycles. The SMILES string of the molecule is [Hf].[O]=[AlH].[O]=[Zr]=[O]. The van der Waals surface area contributed by atoms with Gasteiger partial charge in [0.15, 0.2) is 0 Å². The van der Waals surface area contributed by atoms with Gasteiger partial charge < -0.3 is 0 Å². The Balaban J connectivity index is -0.0000000275. The van der Waals surface area contributed by atoms with Crippen LogP contribution in [0.1, 0.15) is 0 Å². The summed E-state index contributed by atoms with van der Waals surface area (Å²) >= 11 is -1.66. The Kier molecular flexibility index (Phi) is 78.1. The summed E-state index contributed by atoms with van der Waals surface area (Å²) < 4.78 is 25.4. The summed E-state index contributed by atoms with van der Waals surface area (Å²) in [5.74, 6) is 0. The van der Waals surface area contributed by atoms with E-state index < -0.39 is 23.2 Å². The van der Waals surface area contributed by atoms with E-state index in [1.165, 1.54) is 0 Å². The molecule has 0 unspecified atom stereocenters. The maximum absolute atomic E-state index is 8.54. The van der Waals surface area contributed by atoms with Gasteiger partial charge in [-0.3, -0.25) is 0 Å². The van der Waals surface area contributed by atoms with Crippen LogP contribution < -0.4 is 0 Å². The molecule has 6 heteroatoms. The van der Waals surface area contributed by atoms with E-state index in [9.17, 15) is 0 Å². The molecule has 0 amide bonds. The molecule has 3 nitrogen and oxygen atoms in total. The molecule has 0 aromatic carbocycles. The molecule has 0 N–H and O–H groups in total. The van der Waals surface area contributed by atoms with Gasteiger partial charge in [-0.05, 0) is 0 Å². The van der Waals surface area contributed by atoms with Gasteiger partial charge in [0.2, 0.25) is 0 Å². The van der Waals surface area contributed by atoms with Gasteiger partial charge in [-0.15, -0.1) is 0 Å². The summed E-state index contributed by atoms with van der Waals surface area (Å²) in [4.78, 5) is 0. The second-order valence-electron chi connectivity index (χ2n) is 0.0833. The van der Waals surface area contributed by atoms with Gasteiger partial charge >= 0.3 is 48.9 Å². The quantitative estimate of drug-likeness (QED) is 0.529. The number of hydrogen-bond donors (Lipinski definition) is 0. The minimum atomic E-state index is -2.27. The number of hydrogen-bond acceptors (Lipinski definition) is 3. The van der Waals surface area contributed by atoms with Crippen LogP contribution in [0.3, 0.4) is 0 Å². The van der Waals surface area contributed by atoms with Crippen molar-refractivity contribution in [1.29, 1.82) is 0 Å². The Morgan fingerprint density at radius 2 is 1.17 bits per heavy atom. The van der Waals surface area contributed by atoms with Gasteiger partial charge in [-0.2, -0.15) is 0 Å². The normalized spacial score (nSPS) is 1.83. The van der Waals surface area contributed by atoms with Crippen LogP contribution in [0.15, 0.2) is 0 Å². The molecule has 0 radical (unpaired) electrons. The predicted octanol–water partition coefficient (Wildman–Crippen LogP) is -1.01. The van der Waals surface area contributed by atoms with Crippen molar-refractivity contribution in [2.45, 2.75) is 0 Å². The Morgan fingerprint density at radius 3 is 1.17 bits per heavy atom. The van der Waals surface area contributed by atoms with Crippen LogP contribution >= 0.6 is 0 Å². The number of rotatable bonds is 0. The van der Waals surface area contributed by atoms with Crippen LogP contribution in [0.4, 0.5) is 0 Å². The van der Waals surface area contributed by atoms with Crippen molar-refractivity contribution in [1.82, 2.24) is 0 Å². The third kappa shape index (κ3) is 43.9. The van der Waals surface area contributed by atoms with Crippen molar-refractivity contribution in [3.8, 4) is 0 Å². The van der Waals surface area contributed by atoms with E-state index in [1.807, 2.05) is 0 Å². The first kappa shape index (κ1) is 15.6. The van der Waals surface area contributed by atoms with E-state index in [2.05, 4.69) is 0 Å². The standard InChI is InChI=1S/Al.Hf.3O.Zr.H. The third-order valence-corrected chi connectivity index (χ3v) is 0. The first-order valence-corrected chi connectivity index (χ1v) is 3.28. The molecule has 0 rings (SSSR count). The van der Waals surface area contributed by atoms with Crippen LogP contribution in [-0.4, -0.2) is 16.2 Å². The average Bonchev–Trinajstić information content (AvgIpc) is 1.46. The fourth-order valence-electron chi connectivity index (χ4n) is 0. The summed E-state index contributed by atoms with van der Waals surface area (Å²) in [5, 5.41) is 0. The predicted molar refractivity (Wildman–Crippen MR) is 9.21 cm³/mol. The molecular weight excluding hydrogens is 345 g/mol. The Hall–Kier alpha value is 1.69. The van der Waals surface area contributed by atoms with Crippen molar-refractivity contribution in [3.05, 3.63) is 0 Å². The van der Waals surface area contributed by atoms with Gasteiger partial charge in [0, 0.05) is 25.8 Å². The van der Waals surface area contributed by atoms with E-state index in [1.54, 1.807) is 0 Å². The van der Waals surface area contributed by atoms with Gasteiger partial charge in [0.05, 0.1) is 0 Å². The zero-order chi connectivity index (χ0) is 4.71. The van der Waals surface area contributed by atoms with E-state index >= 15 is 0 Å². The maximum atomic E-state index is 8.54. The third-order valence-electron chi connectivity index (χ3n) is 0. The monoisotopic (exact) mass is 346 g/mol. The van der Waals surface area contributed by atoms with Crippen molar-refractivity contribution in [2.24, 2.45) is 0 Å². The molecule has 0 aromatic rings. The van der Waals surface area contributed by atoms with Gasteiger partial charge in [0.1, 0.15) is 0 Å². The van der Waals surface area contributed by atoms with E-state index in [-0.39, 0.29) is 25.8 Å². The molecule has 0 aliphatic heterocycles. The molecule has 0 heterocycles. The topological polar surface area (TPSA) is 51.2 Å². The van der Waals surface area contributed by atoms with Crippen molar-refractivity contribution >= 4 is 16.2 Å². The Labute approximate surface area is 73.7 Å². The fraction of sp³-hybridized carbons (Fsp3) is 0. The summed E-state index contributed by atoms with van der Waals surface area (Å²) in [6, 6.07) is 0. The van der Waals surface area contributed by atoms with E-state index in [4.69, 9.17) is 9.43 Å². The summed E-state index contributed by atoms with van der Waals surface area (Å²) in [7, 11) is 0. The summed E-state index contributed by atoms with van der Waals surface area (Å²) in [5.41, 5.74) is 0. The molecule has 0 aliphatic carbocycles. The van der Waals surface area contributed by atoms with Crippen molar-refractivity contribution < 1.29 is 58.5 Å². The second kappa shape index (κ2) is 30.0. The van der Waals surface area contributed by atoms with Crippen LogP contribution in [0.5, 0.6) is 0 Å². The Morgan fingerprint density at radius 1 is 1.17 bits per heavy atom. The molecular formula is HAlHfO3Zr. The first-order chi connectivity index (χ1) is 2.41. The van der Waals surface area contributed by atoms with Crippen LogP contribution in [0.25, 0.3) is 0 Å². The molecule has 0 aromatic heterocycles. The van der Waals surface area contributed by atoms with Crippen LogP contribution in [-0.2, 0) is 58.5 Å². The fourth-order valence-corrected chi connectivity index (χ4v) is 0. The van der Waals surface area contributed by atoms with E-state index in [0.29, 0.717) is 16.2 Å². The van der Waals surface area contributed by atoms with Gasteiger partial charge in [-0.1, -0.05) is 0 Å². The van der Waals surface area contributed by atoms with Crippen LogP contribution in [0, 0.1) is 0 Å². The van der Waals surface area contributed by atoms with E-state index in [0.717, 1.165) is 0 Å². The molecule has 0 aliphatic rings. The van der Waals surface area contributed by atoms with Crippen molar-refractivity contribution in [3.63, 3.8) is 0 Å². The second-order valence-corrected chi connectivity index (χ2v) is 0.493. The van der Waals surface area contributed by atoms with Crippen molar-refractivity contribution in [2.75, 3.05) is 0 Å². The molecule has 0 bridgehead atoms. The molecule has 6 heavy (non-hydrogen) atoms. The summed E-state index contributed by atoms with van der Waals surface area (Å²) in [6.45, 7) is 0. The van der Waals surface area contributed by atoms with Crippen LogP contribution in [0.2, 0.25) is 0 Å². The first-order valence-electron chi connectivity index (χ1n) is 0.697. The molecule has 0 saturated heterocycles. The molecule has 30 valence electrons. The zero-order valence-corrected chi connectivity index (χ0v) is 10.4. The molecule has 0 atom stereocenters.